The van der Waals surface area contributed by atoms with Gasteiger partial charge in [-0.2, -0.15) is 9.57 Å². The van der Waals surface area contributed by atoms with Crippen LogP contribution in [-0.2, 0) is 14.8 Å². The molecule has 2 atom stereocenters. The van der Waals surface area contributed by atoms with Gasteiger partial charge in [-0.05, 0) is 50.7 Å². The van der Waals surface area contributed by atoms with Crippen molar-refractivity contribution in [2.75, 3.05) is 13.1 Å². The van der Waals surface area contributed by atoms with Crippen molar-refractivity contribution in [3.05, 3.63) is 29.8 Å². The summed E-state index contributed by atoms with van der Waals surface area (Å²) >= 11 is 0. The van der Waals surface area contributed by atoms with Crippen LogP contribution >= 0.6 is 12.4 Å². The van der Waals surface area contributed by atoms with Gasteiger partial charge >= 0.3 is 0 Å². The van der Waals surface area contributed by atoms with Crippen molar-refractivity contribution in [3.63, 3.8) is 0 Å². The molecule has 1 aromatic rings. The van der Waals surface area contributed by atoms with Gasteiger partial charge in [-0.3, -0.25) is 4.79 Å². The molecular weight excluding hydrogens is 412 g/mol. The summed E-state index contributed by atoms with van der Waals surface area (Å²) in [6.45, 7) is 6.79. The molecule has 0 aliphatic carbocycles. The number of primary amides is 1. The first kappa shape index (κ1) is 25.4. The van der Waals surface area contributed by atoms with E-state index in [0.29, 0.717) is 38.3 Å². The summed E-state index contributed by atoms with van der Waals surface area (Å²) in [5.74, 6) is -0.0645. The van der Waals surface area contributed by atoms with E-state index in [-0.39, 0.29) is 34.3 Å². The van der Waals surface area contributed by atoms with Crippen LogP contribution in [0.25, 0.3) is 0 Å². The van der Waals surface area contributed by atoms with Gasteiger partial charge in [0.1, 0.15) is 6.07 Å². The molecule has 7 nitrogen and oxygen atoms in total. The molecule has 29 heavy (non-hydrogen) atoms. The molecule has 1 unspecified atom stereocenters. The van der Waals surface area contributed by atoms with E-state index in [9.17, 15) is 18.5 Å². The Morgan fingerprint density at radius 1 is 1.31 bits per heavy atom. The van der Waals surface area contributed by atoms with Crippen LogP contribution in [0, 0.1) is 17.2 Å². The van der Waals surface area contributed by atoms with Gasteiger partial charge in [0.2, 0.25) is 15.9 Å². The topological polar surface area (TPSA) is 116 Å². The lowest BCUT2D eigenvalue weighted by Crippen LogP contribution is -2.54. The van der Waals surface area contributed by atoms with E-state index in [1.165, 1.54) is 16.4 Å². The Morgan fingerprint density at radius 3 is 2.55 bits per heavy atom. The molecule has 1 fully saturated rings. The van der Waals surface area contributed by atoms with Crippen LogP contribution in [0.2, 0.25) is 0 Å². The van der Waals surface area contributed by atoms with E-state index in [1.54, 1.807) is 12.1 Å². The summed E-state index contributed by atoms with van der Waals surface area (Å²) in [6, 6.07) is 7.79. The van der Waals surface area contributed by atoms with Crippen molar-refractivity contribution in [2.45, 2.75) is 62.9 Å². The predicted molar refractivity (Wildman–Crippen MR) is 115 cm³/mol. The Bertz CT molecular complexity index is 854. The first-order valence-corrected chi connectivity index (χ1v) is 11.1. The smallest absolute Gasteiger partial charge is 0.244 e. The molecule has 1 aliphatic rings. The number of hydrogen-bond acceptors (Lipinski definition) is 5. The second kappa shape index (κ2) is 10.4. The van der Waals surface area contributed by atoms with Crippen LogP contribution in [-0.4, -0.2) is 43.3 Å². The number of hydrogen-bond donors (Lipinski definition) is 2. The lowest BCUT2D eigenvalue weighted by atomic mass is 9.90. The molecule has 0 bridgehead atoms. The third-order valence-electron chi connectivity index (χ3n) is 5.25. The van der Waals surface area contributed by atoms with Gasteiger partial charge in [-0.1, -0.05) is 26.0 Å². The average Bonchev–Trinajstić information content (AvgIpc) is 2.83. The van der Waals surface area contributed by atoms with Gasteiger partial charge in [0, 0.05) is 18.6 Å². The number of benzene rings is 1. The van der Waals surface area contributed by atoms with Crippen LogP contribution in [0.1, 0.15) is 52.0 Å². The fourth-order valence-electron chi connectivity index (χ4n) is 3.70. The molecule has 9 heteroatoms. The minimum atomic E-state index is -3.75. The number of sulfonamides is 1. The summed E-state index contributed by atoms with van der Waals surface area (Å²) in [4.78, 5) is 11.9. The lowest BCUT2D eigenvalue weighted by Gasteiger charge is -2.34. The lowest BCUT2D eigenvalue weighted by molar-refractivity contribution is -0.121. The van der Waals surface area contributed by atoms with Crippen LogP contribution in [0.15, 0.2) is 29.2 Å². The SMILES string of the molecule is CC(C)C[C@H](NC1(C)CCCN(S(=O)(=O)c2ccccc2C#N)CC1)C(N)=O.Cl. The van der Waals surface area contributed by atoms with Gasteiger partial charge in [0.15, 0.2) is 0 Å². The third-order valence-corrected chi connectivity index (χ3v) is 7.20. The Hall–Kier alpha value is -1.66. The minimum Gasteiger partial charge on any atom is -0.368 e. The second-order valence-electron chi connectivity index (χ2n) is 8.16. The minimum absolute atomic E-state index is 0. The molecular formula is C20H31ClN4O3S. The van der Waals surface area contributed by atoms with Gasteiger partial charge in [-0.25, -0.2) is 8.42 Å². The van der Waals surface area contributed by atoms with Crippen molar-refractivity contribution >= 4 is 28.3 Å². The number of halogens is 1. The number of carbonyl (C=O) groups excluding carboxylic acids is 1. The second-order valence-corrected chi connectivity index (χ2v) is 10.1. The number of nitriles is 1. The monoisotopic (exact) mass is 442 g/mol. The van der Waals surface area contributed by atoms with Gasteiger partial charge in [0.25, 0.3) is 0 Å². The van der Waals surface area contributed by atoms with Crippen molar-refractivity contribution in [2.24, 2.45) is 11.7 Å². The largest absolute Gasteiger partial charge is 0.368 e. The van der Waals surface area contributed by atoms with Crippen LogP contribution in [0.5, 0.6) is 0 Å². The molecule has 0 spiro atoms. The highest BCUT2D eigenvalue weighted by molar-refractivity contribution is 7.89. The van der Waals surface area contributed by atoms with Crippen molar-refractivity contribution in [1.82, 2.24) is 9.62 Å². The molecule has 162 valence electrons. The summed E-state index contributed by atoms with van der Waals surface area (Å²) in [5, 5.41) is 12.6. The Balaban J connectivity index is 0.00000420. The quantitative estimate of drug-likeness (QED) is 0.672. The number of carbonyl (C=O) groups is 1. The van der Waals surface area contributed by atoms with E-state index >= 15 is 0 Å². The summed E-state index contributed by atoms with van der Waals surface area (Å²) in [5.41, 5.74) is 5.34. The number of amides is 1. The van der Waals surface area contributed by atoms with Crippen molar-refractivity contribution < 1.29 is 13.2 Å². The maximum Gasteiger partial charge on any atom is 0.244 e. The third kappa shape index (κ3) is 6.41. The molecule has 0 radical (unpaired) electrons. The molecule has 3 N–H and O–H groups in total. The number of nitrogens with two attached hydrogens (primary N) is 1. The van der Waals surface area contributed by atoms with E-state index in [1.807, 2.05) is 26.8 Å². The maximum absolute atomic E-state index is 13.1. The molecule has 0 saturated carbocycles. The molecule has 0 aromatic heterocycles. The first-order valence-electron chi connectivity index (χ1n) is 9.65. The van der Waals surface area contributed by atoms with Gasteiger partial charge in [-0.15, -0.1) is 12.4 Å². The van der Waals surface area contributed by atoms with E-state index in [0.717, 1.165) is 6.42 Å². The van der Waals surface area contributed by atoms with E-state index in [4.69, 9.17) is 5.73 Å². The fourth-order valence-corrected chi connectivity index (χ4v) is 5.32. The van der Waals surface area contributed by atoms with Crippen LogP contribution in [0.4, 0.5) is 0 Å². The molecule has 1 heterocycles. The summed E-state index contributed by atoms with van der Waals surface area (Å²) in [6.07, 6.45) is 2.59. The fraction of sp³-hybridized carbons (Fsp3) is 0.600. The average molecular weight is 443 g/mol. The maximum atomic E-state index is 13.1. The molecule has 1 aliphatic heterocycles. The van der Waals surface area contributed by atoms with Crippen molar-refractivity contribution in [1.29, 1.82) is 5.26 Å². The van der Waals surface area contributed by atoms with Crippen molar-refractivity contribution in [3.8, 4) is 6.07 Å². The zero-order valence-corrected chi connectivity index (χ0v) is 18.9. The Kier molecular flexibility index (Phi) is 9.09. The van der Waals surface area contributed by atoms with E-state index in [2.05, 4.69) is 5.32 Å². The zero-order chi connectivity index (χ0) is 20.9. The number of nitrogens with zero attached hydrogens (tertiary/aromatic N) is 2. The van der Waals surface area contributed by atoms with Crippen LogP contribution < -0.4 is 11.1 Å². The normalized spacial score (nSPS) is 21.6. The standard InChI is InChI=1S/C20H30N4O3S.ClH/c1-15(2)13-17(19(22)25)23-20(3)9-6-11-24(12-10-20)28(26,27)18-8-5-4-7-16(18)14-21;/h4-5,7-8,15,17,23H,6,9-13H2,1-3H3,(H2,22,25);1H/t17-,20?;/m0./s1. The predicted octanol–water partition coefficient (Wildman–Crippen LogP) is 2.40. The zero-order valence-electron chi connectivity index (χ0n) is 17.2. The Morgan fingerprint density at radius 2 is 1.97 bits per heavy atom. The summed E-state index contributed by atoms with van der Waals surface area (Å²) < 4.78 is 27.6. The molecule has 1 amide bonds. The summed E-state index contributed by atoms with van der Waals surface area (Å²) in [7, 11) is -3.75. The highest BCUT2D eigenvalue weighted by Crippen LogP contribution is 2.28. The van der Waals surface area contributed by atoms with Gasteiger partial charge in [0.05, 0.1) is 16.5 Å². The first-order chi connectivity index (χ1) is 13.1. The number of nitrogens with one attached hydrogen (secondary N) is 1. The highest BCUT2D eigenvalue weighted by Gasteiger charge is 2.36. The molecule has 2 rings (SSSR count). The number of rotatable bonds is 7. The Labute approximate surface area is 180 Å². The molecule has 1 aromatic carbocycles. The van der Waals surface area contributed by atoms with E-state index < -0.39 is 16.1 Å². The van der Waals surface area contributed by atoms with Crippen LogP contribution in [0.3, 0.4) is 0 Å². The molecule has 1 saturated heterocycles. The highest BCUT2D eigenvalue weighted by atomic mass is 35.5. The van der Waals surface area contributed by atoms with Gasteiger partial charge < -0.3 is 11.1 Å².